The lowest BCUT2D eigenvalue weighted by Crippen LogP contribution is -2.72. The summed E-state index contributed by atoms with van der Waals surface area (Å²) in [7, 11) is 1.40. The van der Waals surface area contributed by atoms with Crippen LogP contribution in [0, 0.1) is 5.92 Å². The van der Waals surface area contributed by atoms with Crippen molar-refractivity contribution in [2.45, 2.75) is 24.9 Å². The van der Waals surface area contributed by atoms with E-state index < -0.39 is 35.7 Å². The summed E-state index contributed by atoms with van der Waals surface area (Å²) in [6.07, 6.45) is -5.33. The molecule has 2 aromatic carbocycles. The van der Waals surface area contributed by atoms with Crippen molar-refractivity contribution in [1.29, 1.82) is 0 Å². The SMILES string of the molecule is CCOc1cc([C@H]2NC(=O)N[C@@](O)(C(F)(F)F)[C@@H]2C(=O)c2ccccc2)ccc1OC. The molecule has 31 heavy (non-hydrogen) atoms. The maximum Gasteiger partial charge on any atom is 0.437 e. The highest BCUT2D eigenvalue weighted by atomic mass is 19.4. The predicted molar refractivity (Wildman–Crippen MR) is 104 cm³/mol. The Morgan fingerprint density at radius 1 is 1.16 bits per heavy atom. The first-order chi connectivity index (χ1) is 14.6. The van der Waals surface area contributed by atoms with Gasteiger partial charge in [-0.05, 0) is 24.6 Å². The average Bonchev–Trinajstić information content (AvgIpc) is 2.73. The van der Waals surface area contributed by atoms with Crippen LogP contribution in [0.15, 0.2) is 48.5 Å². The van der Waals surface area contributed by atoms with Crippen molar-refractivity contribution in [2.24, 2.45) is 5.92 Å². The minimum atomic E-state index is -5.33. The monoisotopic (exact) mass is 438 g/mol. The fourth-order valence-electron chi connectivity index (χ4n) is 3.55. The average molecular weight is 438 g/mol. The molecule has 0 unspecified atom stereocenters. The summed E-state index contributed by atoms with van der Waals surface area (Å²) in [6, 6.07) is 8.72. The second-order valence-corrected chi connectivity index (χ2v) is 6.89. The van der Waals surface area contributed by atoms with Crippen molar-refractivity contribution in [3.8, 4) is 11.5 Å². The first kappa shape index (κ1) is 22.4. The van der Waals surface area contributed by atoms with Crippen molar-refractivity contribution >= 4 is 11.8 Å². The number of halogens is 3. The summed E-state index contributed by atoms with van der Waals surface area (Å²) < 4.78 is 52.5. The molecule has 10 heteroatoms. The number of Topliss-reactive ketones (excluding diaryl/α,β-unsaturated/α-hetero) is 1. The molecule has 0 saturated carbocycles. The van der Waals surface area contributed by atoms with Crippen LogP contribution >= 0.6 is 0 Å². The van der Waals surface area contributed by atoms with Gasteiger partial charge < -0.3 is 25.2 Å². The van der Waals surface area contributed by atoms with Gasteiger partial charge in [0.2, 0.25) is 5.72 Å². The lowest BCUT2D eigenvalue weighted by Gasteiger charge is -2.45. The maximum absolute atomic E-state index is 13.9. The molecule has 1 aliphatic rings. The zero-order valence-electron chi connectivity index (χ0n) is 16.7. The van der Waals surface area contributed by atoms with Gasteiger partial charge in [-0.2, -0.15) is 13.2 Å². The van der Waals surface area contributed by atoms with E-state index in [1.54, 1.807) is 13.0 Å². The number of rotatable bonds is 6. The number of ether oxygens (including phenoxy) is 2. The molecule has 2 amide bonds. The topological polar surface area (TPSA) is 96.9 Å². The Balaban J connectivity index is 2.17. The largest absolute Gasteiger partial charge is 0.493 e. The second-order valence-electron chi connectivity index (χ2n) is 6.89. The van der Waals surface area contributed by atoms with Crippen LogP contribution in [0.25, 0.3) is 0 Å². The van der Waals surface area contributed by atoms with Crippen LogP contribution in [0.2, 0.25) is 0 Å². The van der Waals surface area contributed by atoms with Crippen LogP contribution in [0.1, 0.15) is 28.9 Å². The highest BCUT2D eigenvalue weighted by Crippen LogP contribution is 2.45. The van der Waals surface area contributed by atoms with Crippen LogP contribution in [-0.4, -0.2) is 42.5 Å². The normalized spacial score (nSPS) is 23.5. The Morgan fingerprint density at radius 2 is 1.84 bits per heavy atom. The third kappa shape index (κ3) is 4.15. The number of alkyl halides is 3. The number of methoxy groups -OCH3 is 1. The Bertz CT molecular complexity index is 967. The molecule has 0 radical (unpaired) electrons. The van der Waals surface area contributed by atoms with Crippen LogP contribution in [0.5, 0.6) is 11.5 Å². The van der Waals surface area contributed by atoms with Crippen molar-refractivity contribution in [2.75, 3.05) is 13.7 Å². The molecule has 0 aliphatic carbocycles. The molecule has 3 atom stereocenters. The van der Waals surface area contributed by atoms with Crippen molar-refractivity contribution in [1.82, 2.24) is 10.6 Å². The van der Waals surface area contributed by atoms with Gasteiger partial charge in [-0.3, -0.25) is 4.79 Å². The van der Waals surface area contributed by atoms with Gasteiger partial charge in [-0.1, -0.05) is 36.4 Å². The first-order valence-corrected chi connectivity index (χ1v) is 9.40. The standard InChI is InChI=1S/C21H21F3N2O5/c1-3-31-15-11-13(9-10-14(15)30-2)17-16(18(27)12-7-5-4-6-8-12)20(29,21(22,23)24)26-19(28)25-17/h4-11,16-17,29H,3H2,1-2H3,(H2,25,26,28)/t16-,17+,20-/m0/s1. The molecule has 7 nitrogen and oxygen atoms in total. The summed E-state index contributed by atoms with van der Waals surface area (Å²) >= 11 is 0. The molecular weight excluding hydrogens is 417 g/mol. The molecule has 1 fully saturated rings. The van der Waals surface area contributed by atoms with E-state index in [0.717, 1.165) is 0 Å². The van der Waals surface area contributed by atoms with Gasteiger partial charge in [0.25, 0.3) is 0 Å². The van der Waals surface area contributed by atoms with E-state index in [2.05, 4.69) is 5.32 Å². The van der Waals surface area contributed by atoms with Gasteiger partial charge >= 0.3 is 12.2 Å². The van der Waals surface area contributed by atoms with Gasteiger partial charge in [0.1, 0.15) is 5.92 Å². The Hall–Kier alpha value is -3.27. The first-order valence-electron chi connectivity index (χ1n) is 9.40. The number of amides is 2. The smallest absolute Gasteiger partial charge is 0.437 e. The third-order valence-corrected chi connectivity index (χ3v) is 4.99. The summed E-state index contributed by atoms with van der Waals surface area (Å²) in [4.78, 5) is 25.3. The third-order valence-electron chi connectivity index (χ3n) is 4.99. The van der Waals surface area contributed by atoms with Crippen molar-refractivity contribution in [3.05, 3.63) is 59.7 Å². The van der Waals surface area contributed by atoms with E-state index in [0.29, 0.717) is 5.75 Å². The molecule has 166 valence electrons. The Labute approximate surface area is 176 Å². The summed E-state index contributed by atoms with van der Waals surface area (Å²) in [5, 5.41) is 14.4. The highest BCUT2D eigenvalue weighted by molar-refractivity contribution is 6.00. The fourth-order valence-corrected chi connectivity index (χ4v) is 3.55. The molecule has 0 aromatic heterocycles. The van der Waals surface area contributed by atoms with E-state index in [1.807, 2.05) is 0 Å². The van der Waals surface area contributed by atoms with Crippen LogP contribution in [0.3, 0.4) is 0 Å². The van der Waals surface area contributed by atoms with E-state index in [-0.39, 0.29) is 23.5 Å². The zero-order chi connectivity index (χ0) is 22.8. The Kier molecular flexibility index (Phi) is 6.12. The summed E-state index contributed by atoms with van der Waals surface area (Å²) in [5.41, 5.74) is -3.70. The zero-order valence-corrected chi connectivity index (χ0v) is 16.7. The van der Waals surface area contributed by atoms with Crippen molar-refractivity contribution < 1.29 is 37.3 Å². The molecule has 2 aromatic rings. The minimum Gasteiger partial charge on any atom is -0.493 e. The number of carbonyl (C=O) groups excluding carboxylic acids is 2. The number of hydrogen-bond donors (Lipinski definition) is 3. The molecule has 3 rings (SSSR count). The van der Waals surface area contributed by atoms with Crippen LogP contribution < -0.4 is 20.1 Å². The number of hydrogen-bond acceptors (Lipinski definition) is 5. The highest BCUT2D eigenvalue weighted by Gasteiger charge is 2.66. The molecule has 1 heterocycles. The number of carbonyl (C=O) groups is 2. The van der Waals surface area contributed by atoms with Crippen LogP contribution in [-0.2, 0) is 0 Å². The van der Waals surface area contributed by atoms with E-state index >= 15 is 0 Å². The molecule has 0 bridgehead atoms. The predicted octanol–water partition coefficient (Wildman–Crippen LogP) is 3.20. The van der Waals surface area contributed by atoms with Gasteiger partial charge in [0.15, 0.2) is 17.3 Å². The quantitative estimate of drug-likeness (QED) is 0.602. The lowest BCUT2D eigenvalue weighted by atomic mass is 9.77. The number of aliphatic hydroxyl groups is 1. The van der Waals surface area contributed by atoms with Crippen LogP contribution in [0.4, 0.5) is 18.0 Å². The van der Waals surface area contributed by atoms with E-state index in [1.165, 1.54) is 54.9 Å². The molecular formula is C21H21F3N2O5. The Morgan fingerprint density at radius 3 is 2.42 bits per heavy atom. The van der Waals surface area contributed by atoms with Crippen molar-refractivity contribution in [3.63, 3.8) is 0 Å². The number of benzene rings is 2. The molecule has 0 spiro atoms. The maximum atomic E-state index is 13.9. The molecule has 3 N–H and O–H groups in total. The lowest BCUT2D eigenvalue weighted by molar-refractivity contribution is -0.287. The van der Waals surface area contributed by atoms with Gasteiger partial charge in [-0.15, -0.1) is 0 Å². The molecule has 1 saturated heterocycles. The number of urea groups is 1. The van der Waals surface area contributed by atoms with Gasteiger partial charge in [0, 0.05) is 5.56 Å². The van der Waals surface area contributed by atoms with Gasteiger partial charge in [0.05, 0.1) is 19.8 Å². The van der Waals surface area contributed by atoms with E-state index in [4.69, 9.17) is 9.47 Å². The summed E-state index contributed by atoms with van der Waals surface area (Å²) in [5.74, 6) is -2.57. The molecule has 1 aliphatic heterocycles. The van der Waals surface area contributed by atoms with E-state index in [9.17, 15) is 27.9 Å². The number of nitrogens with one attached hydrogen (secondary N) is 2. The fraction of sp³-hybridized carbons (Fsp3) is 0.333. The minimum absolute atomic E-state index is 0.0448. The number of ketones is 1. The summed E-state index contributed by atoms with van der Waals surface area (Å²) in [6.45, 7) is 1.96. The second kappa shape index (κ2) is 8.46. The van der Waals surface area contributed by atoms with Gasteiger partial charge in [-0.25, -0.2) is 4.79 Å².